The van der Waals surface area contributed by atoms with Gasteiger partial charge in [-0.1, -0.05) is 53.9 Å². The van der Waals surface area contributed by atoms with Crippen molar-refractivity contribution >= 4 is 29.2 Å². The van der Waals surface area contributed by atoms with Crippen molar-refractivity contribution in [2.24, 2.45) is 23.2 Å². The Hall–Kier alpha value is -1.57. The summed E-state index contributed by atoms with van der Waals surface area (Å²) in [6, 6.07) is 0. The summed E-state index contributed by atoms with van der Waals surface area (Å²) in [7, 11) is 0. The number of aryl methyl sites for hydroxylation is 1. The second kappa shape index (κ2) is 13.1. The third-order valence-electron chi connectivity index (χ3n) is 7.82. The predicted molar refractivity (Wildman–Crippen MR) is 141 cm³/mol. The Labute approximate surface area is 215 Å². The van der Waals surface area contributed by atoms with Gasteiger partial charge in [-0.15, -0.1) is 11.3 Å². The second-order valence-electron chi connectivity index (χ2n) is 11.0. The van der Waals surface area contributed by atoms with Crippen LogP contribution in [0.2, 0.25) is 0 Å². The van der Waals surface area contributed by atoms with Crippen molar-refractivity contribution in [1.82, 2.24) is 4.98 Å². The molecule has 35 heavy (non-hydrogen) atoms. The fourth-order valence-electron chi connectivity index (χ4n) is 5.01. The quantitative estimate of drug-likeness (QED) is 0.507. The minimum absolute atomic E-state index is 0.0169. The molecule has 1 aliphatic rings. The lowest BCUT2D eigenvalue weighted by Crippen LogP contribution is -2.45. The summed E-state index contributed by atoms with van der Waals surface area (Å²) in [5, 5.41) is 24.7. The van der Waals surface area contributed by atoms with Crippen molar-refractivity contribution in [1.29, 1.82) is 0 Å². The number of ketones is 1. The minimum atomic E-state index is -1.20. The van der Waals surface area contributed by atoms with Crippen LogP contribution in [0.15, 0.2) is 11.0 Å². The minimum Gasteiger partial charge on any atom is -0.458 e. The molecule has 1 aliphatic heterocycles. The van der Waals surface area contributed by atoms with Gasteiger partial charge in [0.2, 0.25) is 0 Å². The molecule has 198 valence electrons. The molecule has 0 bridgehead atoms. The van der Waals surface area contributed by atoms with Crippen LogP contribution >= 0.6 is 11.3 Å². The number of aliphatic hydroxyl groups excluding tert-OH is 2. The fourth-order valence-corrected chi connectivity index (χ4v) is 5.58. The van der Waals surface area contributed by atoms with Crippen molar-refractivity contribution in [2.45, 2.75) is 112 Å². The Morgan fingerprint density at radius 3 is 2.49 bits per heavy atom. The van der Waals surface area contributed by atoms with Crippen molar-refractivity contribution in [3.05, 3.63) is 21.7 Å². The summed E-state index contributed by atoms with van der Waals surface area (Å²) < 4.78 is 5.90. The molecule has 7 heteroatoms. The number of rotatable bonds is 3. The predicted octanol–water partition coefficient (Wildman–Crippen LogP) is 5.74. The number of carbonyl (C=O) groups excluding carboxylic acids is 2. The van der Waals surface area contributed by atoms with Crippen LogP contribution in [0.3, 0.4) is 0 Å². The highest BCUT2D eigenvalue weighted by molar-refractivity contribution is 7.09. The van der Waals surface area contributed by atoms with Gasteiger partial charge in [-0.2, -0.15) is 0 Å². The van der Waals surface area contributed by atoms with E-state index in [1.165, 1.54) is 0 Å². The number of esters is 1. The van der Waals surface area contributed by atoms with E-state index in [9.17, 15) is 19.8 Å². The first kappa shape index (κ1) is 29.7. The number of aliphatic hydroxyl groups is 2. The normalized spacial score (nSPS) is 32.3. The van der Waals surface area contributed by atoms with Gasteiger partial charge in [-0.05, 0) is 56.6 Å². The van der Waals surface area contributed by atoms with Gasteiger partial charge >= 0.3 is 5.97 Å². The van der Waals surface area contributed by atoms with Crippen LogP contribution < -0.4 is 0 Å². The maximum absolute atomic E-state index is 13.2. The van der Waals surface area contributed by atoms with Gasteiger partial charge in [0.1, 0.15) is 11.9 Å². The highest BCUT2D eigenvalue weighted by atomic mass is 32.1. The number of hydrogen-bond acceptors (Lipinski definition) is 7. The van der Waals surface area contributed by atoms with Crippen LogP contribution in [-0.4, -0.2) is 45.3 Å². The molecule has 1 aromatic heterocycles. The van der Waals surface area contributed by atoms with E-state index >= 15 is 0 Å². The van der Waals surface area contributed by atoms with Gasteiger partial charge in [0, 0.05) is 11.3 Å². The lowest BCUT2D eigenvalue weighted by Gasteiger charge is -2.34. The molecule has 0 unspecified atom stereocenters. The van der Waals surface area contributed by atoms with Crippen molar-refractivity contribution in [2.75, 3.05) is 0 Å². The molecule has 6 atom stereocenters. The van der Waals surface area contributed by atoms with E-state index in [1.807, 2.05) is 32.2 Å². The Balaban J connectivity index is 2.31. The Morgan fingerprint density at radius 1 is 1.20 bits per heavy atom. The number of hydrogen-bond donors (Lipinski definition) is 2. The van der Waals surface area contributed by atoms with Crippen LogP contribution in [0, 0.1) is 30.1 Å². The second-order valence-corrected chi connectivity index (χ2v) is 12.1. The topological polar surface area (TPSA) is 96.7 Å². The largest absolute Gasteiger partial charge is 0.458 e. The zero-order chi connectivity index (χ0) is 26.3. The van der Waals surface area contributed by atoms with Crippen LogP contribution in [0.25, 0.3) is 6.08 Å². The number of cyclic esters (lactones) is 1. The van der Waals surface area contributed by atoms with Crippen LogP contribution in [0.1, 0.15) is 97.2 Å². The maximum Gasteiger partial charge on any atom is 0.309 e. The molecule has 0 aliphatic carbocycles. The zero-order valence-corrected chi connectivity index (χ0v) is 23.4. The van der Waals surface area contributed by atoms with Crippen molar-refractivity contribution in [3.8, 4) is 0 Å². The molecular weight excluding hydrogens is 462 g/mol. The number of nitrogens with zero attached hydrogens (tertiary/aromatic N) is 1. The molecule has 0 saturated carbocycles. The molecule has 0 spiro atoms. The highest BCUT2D eigenvalue weighted by Gasteiger charge is 2.42. The molecule has 1 fully saturated rings. The van der Waals surface area contributed by atoms with Gasteiger partial charge in [0.15, 0.2) is 0 Å². The third-order valence-corrected chi connectivity index (χ3v) is 8.61. The van der Waals surface area contributed by atoms with Crippen LogP contribution in [0.5, 0.6) is 0 Å². The summed E-state index contributed by atoms with van der Waals surface area (Å²) in [6.07, 6.45) is 4.83. The van der Waals surface area contributed by atoms with Gasteiger partial charge in [0.25, 0.3) is 0 Å². The number of carbonyl (C=O) groups is 2. The number of ether oxygens (including phenoxy) is 1. The molecule has 0 radical (unpaired) electrons. The highest BCUT2D eigenvalue weighted by Crippen LogP contribution is 2.33. The molecule has 1 aromatic rings. The molecule has 2 heterocycles. The van der Waals surface area contributed by atoms with Gasteiger partial charge in [0.05, 0.1) is 34.7 Å². The summed E-state index contributed by atoms with van der Waals surface area (Å²) in [6.45, 7) is 13.1. The van der Waals surface area contributed by atoms with Gasteiger partial charge in [-0.25, -0.2) is 4.98 Å². The average molecular weight is 508 g/mol. The Morgan fingerprint density at radius 2 is 1.89 bits per heavy atom. The maximum atomic E-state index is 13.2. The summed E-state index contributed by atoms with van der Waals surface area (Å²) in [5.41, 5.74) is 0.602. The smallest absolute Gasteiger partial charge is 0.309 e. The molecule has 0 aromatic carbocycles. The first-order chi connectivity index (χ1) is 16.4. The molecular formula is C28H45NO5S. The lowest BCUT2D eigenvalue weighted by molar-refractivity contribution is -0.154. The molecule has 1 saturated heterocycles. The van der Waals surface area contributed by atoms with Crippen molar-refractivity contribution < 1.29 is 24.5 Å². The van der Waals surface area contributed by atoms with E-state index in [-0.39, 0.29) is 18.1 Å². The van der Waals surface area contributed by atoms with Gasteiger partial charge in [-0.3, -0.25) is 9.59 Å². The Bertz CT molecular complexity index is 876. The summed E-state index contributed by atoms with van der Waals surface area (Å²) in [5.74, 6) is -0.905. The van der Waals surface area contributed by atoms with E-state index in [0.717, 1.165) is 48.4 Å². The molecule has 0 amide bonds. The summed E-state index contributed by atoms with van der Waals surface area (Å²) in [4.78, 5) is 30.6. The summed E-state index contributed by atoms with van der Waals surface area (Å²) >= 11 is 1.58. The average Bonchev–Trinajstić information content (AvgIpc) is 3.21. The zero-order valence-electron chi connectivity index (χ0n) is 22.5. The first-order valence-electron chi connectivity index (χ1n) is 13.1. The Kier molecular flexibility index (Phi) is 11.1. The number of thiazole rings is 1. The van der Waals surface area contributed by atoms with Crippen molar-refractivity contribution in [3.63, 3.8) is 0 Å². The standard InChI is InChI=1S/C28H45NO5S/c1-8-21-11-9-10-17(2)26(32)19(4)27(33)28(6,7)24(30)15-25(31)34-23(13-12-21)18(3)14-22-16-35-20(5)29-22/h14,16-17,19,21,23-24,26,30,32H,8-13,15H2,1-7H3/b18-14+/t17-,19+,21+,23-,24-,26-/m0/s1. The third kappa shape index (κ3) is 8.22. The van der Waals surface area contributed by atoms with E-state index in [4.69, 9.17) is 4.74 Å². The van der Waals surface area contributed by atoms with Gasteiger partial charge < -0.3 is 14.9 Å². The number of Topliss-reactive ketones (excluding diaryl/α,β-unsaturated/α-hetero) is 1. The lowest BCUT2D eigenvalue weighted by atomic mass is 9.73. The SMILES string of the molecule is CC[C@@H]1CCC[C@H](C)[C@H](O)[C@@H](C)C(=O)C(C)(C)[C@@H](O)CC(=O)O[C@H](/C(C)=C/c2csc(C)n2)CC1. The van der Waals surface area contributed by atoms with E-state index in [1.54, 1.807) is 32.1 Å². The molecule has 6 nitrogen and oxygen atoms in total. The molecule has 2 N–H and O–H groups in total. The molecule has 2 rings (SSSR count). The first-order valence-corrected chi connectivity index (χ1v) is 13.9. The number of aromatic nitrogens is 1. The monoisotopic (exact) mass is 507 g/mol. The van der Waals surface area contributed by atoms with E-state index in [2.05, 4.69) is 11.9 Å². The van der Waals surface area contributed by atoms with Crippen LogP contribution in [-0.2, 0) is 14.3 Å². The van der Waals surface area contributed by atoms with E-state index < -0.39 is 35.6 Å². The van der Waals surface area contributed by atoms with E-state index in [0.29, 0.717) is 12.3 Å². The van der Waals surface area contributed by atoms with Crippen LogP contribution in [0.4, 0.5) is 0 Å². The fraction of sp³-hybridized carbons (Fsp3) is 0.750.